The first kappa shape index (κ1) is 13.0. The van der Waals surface area contributed by atoms with E-state index in [2.05, 4.69) is 10.3 Å². The molecule has 19 heavy (non-hydrogen) atoms. The van der Waals surface area contributed by atoms with Gasteiger partial charge in [0.15, 0.2) is 0 Å². The lowest BCUT2D eigenvalue weighted by Gasteiger charge is -2.15. The molecule has 0 unspecified atom stereocenters. The Morgan fingerprint density at radius 1 is 1.53 bits per heavy atom. The summed E-state index contributed by atoms with van der Waals surface area (Å²) in [6, 6.07) is 3.23. The predicted octanol–water partition coefficient (Wildman–Crippen LogP) is 1.96. The minimum absolute atomic E-state index is 0.126. The van der Waals surface area contributed by atoms with Crippen molar-refractivity contribution in [3.05, 3.63) is 35.0 Å². The summed E-state index contributed by atoms with van der Waals surface area (Å²) >= 11 is 0. The van der Waals surface area contributed by atoms with Crippen LogP contribution in [0.15, 0.2) is 29.7 Å². The Labute approximate surface area is 108 Å². The predicted molar refractivity (Wildman–Crippen MR) is 67.5 cm³/mol. The van der Waals surface area contributed by atoms with Gasteiger partial charge in [0, 0.05) is 0 Å². The summed E-state index contributed by atoms with van der Waals surface area (Å²) in [4.78, 5) is 21.5. The average Bonchev–Trinajstić information content (AvgIpc) is 2.79. The number of carboxylic acid groups (broad SMARTS) is 1. The third kappa shape index (κ3) is 2.70. The molecule has 2 aromatic rings. The molecule has 7 nitrogen and oxygen atoms in total. The van der Waals surface area contributed by atoms with E-state index in [1.54, 1.807) is 32.2 Å². The second kappa shape index (κ2) is 4.68. The van der Waals surface area contributed by atoms with Crippen molar-refractivity contribution in [3.63, 3.8) is 0 Å². The summed E-state index contributed by atoms with van der Waals surface area (Å²) in [5.74, 6) is -0.542. The minimum atomic E-state index is -1.03. The van der Waals surface area contributed by atoms with Gasteiger partial charge >= 0.3 is 5.97 Å². The zero-order valence-electron chi connectivity index (χ0n) is 10.5. The number of carbonyl (C=O) groups is 1. The Kier molecular flexibility index (Phi) is 3.20. The Balaban J connectivity index is 2.23. The summed E-state index contributed by atoms with van der Waals surface area (Å²) in [6.07, 6.45) is 2.83. The van der Waals surface area contributed by atoms with Crippen LogP contribution in [0.4, 0.5) is 0 Å². The topological polar surface area (TPSA) is 93.3 Å². The van der Waals surface area contributed by atoms with Crippen molar-refractivity contribution in [3.8, 4) is 5.75 Å². The van der Waals surface area contributed by atoms with Gasteiger partial charge in [-0.3, -0.25) is 0 Å². The fourth-order valence-corrected chi connectivity index (χ4v) is 1.50. The third-order valence-electron chi connectivity index (χ3n) is 2.56. The van der Waals surface area contributed by atoms with E-state index in [4.69, 9.17) is 9.84 Å². The smallest absolute Gasteiger partial charge is 0.339 e. The van der Waals surface area contributed by atoms with Gasteiger partial charge in [0.2, 0.25) is 0 Å². The lowest BCUT2D eigenvalue weighted by molar-refractivity contribution is 0.0699. The van der Waals surface area contributed by atoms with Crippen molar-refractivity contribution in [2.24, 2.45) is 5.18 Å². The maximum Gasteiger partial charge on any atom is 0.339 e. The van der Waals surface area contributed by atoms with E-state index in [-0.39, 0.29) is 12.2 Å². The highest BCUT2D eigenvalue weighted by Gasteiger charge is 2.19. The Morgan fingerprint density at radius 3 is 2.89 bits per heavy atom. The highest BCUT2D eigenvalue weighted by atomic mass is 16.5. The van der Waals surface area contributed by atoms with Crippen LogP contribution in [0.25, 0.3) is 5.52 Å². The fourth-order valence-electron chi connectivity index (χ4n) is 1.50. The van der Waals surface area contributed by atoms with Gasteiger partial charge in [0.1, 0.15) is 23.5 Å². The van der Waals surface area contributed by atoms with Crippen LogP contribution in [0.2, 0.25) is 0 Å². The molecule has 0 atom stereocenters. The van der Waals surface area contributed by atoms with Crippen molar-refractivity contribution in [1.29, 1.82) is 0 Å². The average molecular weight is 263 g/mol. The molecular formula is C12H13N3O4. The summed E-state index contributed by atoms with van der Waals surface area (Å²) in [6.45, 7) is 3.46. The van der Waals surface area contributed by atoms with E-state index in [9.17, 15) is 9.70 Å². The maximum atomic E-state index is 10.9. The second-order valence-electron chi connectivity index (χ2n) is 4.75. The largest absolute Gasteiger partial charge is 0.489 e. The number of fused-ring (bicyclic) bond motifs is 1. The number of nitrogens with zero attached hydrogens (tertiary/aromatic N) is 3. The van der Waals surface area contributed by atoms with Crippen molar-refractivity contribution >= 4 is 11.5 Å². The molecule has 0 radical (unpaired) electrons. The van der Waals surface area contributed by atoms with Crippen LogP contribution >= 0.6 is 0 Å². The van der Waals surface area contributed by atoms with Crippen molar-refractivity contribution in [2.45, 2.75) is 19.4 Å². The number of nitroso groups, excluding NO2 is 1. The summed E-state index contributed by atoms with van der Waals surface area (Å²) in [7, 11) is 0. The number of hydrogen-bond acceptors (Lipinski definition) is 5. The minimum Gasteiger partial charge on any atom is -0.489 e. The monoisotopic (exact) mass is 263 g/mol. The molecule has 100 valence electrons. The molecule has 2 heterocycles. The van der Waals surface area contributed by atoms with Gasteiger partial charge < -0.3 is 9.84 Å². The standard InChI is InChI=1S/C12H13N3O4/c1-12(2,14-18)7-19-8-3-4-10-9(11(16)17)5-13-15(10)6-8/h3-6H,7H2,1-2H3,(H,16,17). The number of ether oxygens (including phenoxy) is 1. The normalized spacial score (nSPS) is 11.5. The van der Waals surface area contributed by atoms with Crippen LogP contribution in [0.5, 0.6) is 5.75 Å². The first-order valence-corrected chi connectivity index (χ1v) is 5.61. The van der Waals surface area contributed by atoms with E-state index in [0.717, 1.165) is 0 Å². The summed E-state index contributed by atoms with van der Waals surface area (Å²) in [5.41, 5.74) is -0.209. The number of carboxylic acids is 1. The van der Waals surface area contributed by atoms with E-state index < -0.39 is 11.5 Å². The van der Waals surface area contributed by atoms with Gasteiger partial charge in [-0.25, -0.2) is 9.31 Å². The molecule has 0 amide bonds. The zero-order valence-corrected chi connectivity index (χ0v) is 10.5. The fraction of sp³-hybridized carbons (Fsp3) is 0.333. The SMILES string of the molecule is CC(C)(COc1ccc2c(C(=O)O)cnn2c1)N=O. The Morgan fingerprint density at radius 2 is 2.26 bits per heavy atom. The third-order valence-corrected chi connectivity index (χ3v) is 2.56. The van der Waals surface area contributed by atoms with Crippen molar-refractivity contribution in [1.82, 2.24) is 9.61 Å². The van der Waals surface area contributed by atoms with Crippen LogP contribution < -0.4 is 4.74 Å². The molecule has 0 aromatic carbocycles. The quantitative estimate of drug-likeness (QED) is 0.832. The van der Waals surface area contributed by atoms with E-state index in [1.807, 2.05) is 0 Å². The summed E-state index contributed by atoms with van der Waals surface area (Å²) < 4.78 is 6.85. The number of aromatic nitrogens is 2. The first-order chi connectivity index (χ1) is 8.93. The van der Waals surface area contributed by atoms with E-state index >= 15 is 0 Å². The second-order valence-corrected chi connectivity index (χ2v) is 4.75. The number of hydrogen-bond donors (Lipinski definition) is 1. The molecule has 0 saturated heterocycles. The number of rotatable bonds is 5. The molecule has 7 heteroatoms. The van der Waals surface area contributed by atoms with Gasteiger partial charge in [-0.15, -0.1) is 0 Å². The Bertz CT molecular complexity index is 633. The molecule has 0 fully saturated rings. The molecule has 0 aliphatic rings. The molecule has 0 saturated carbocycles. The van der Waals surface area contributed by atoms with Crippen LogP contribution in [-0.2, 0) is 0 Å². The molecule has 0 aliphatic carbocycles. The van der Waals surface area contributed by atoms with Gasteiger partial charge in [-0.05, 0) is 26.0 Å². The molecule has 1 N–H and O–H groups in total. The highest BCUT2D eigenvalue weighted by Crippen LogP contribution is 2.18. The molecule has 2 rings (SSSR count). The van der Waals surface area contributed by atoms with Gasteiger partial charge in [-0.2, -0.15) is 10.0 Å². The van der Waals surface area contributed by atoms with Crippen LogP contribution in [-0.4, -0.2) is 32.8 Å². The zero-order chi connectivity index (χ0) is 14.0. The van der Waals surface area contributed by atoms with E-state index in [1.165, 1.54) is 10.7 Å². The van der Waals surface area contributed by atoms with Crippen LogP contribution in [0.3, 0.4) is 0 Å². The lowest BCUT2D eigenvalue weighted by atomic mass is 10.1. The Hall–Kier alpha value is -2.44. The van der Waals surface area contributed by atoms with Crippen LogP contribution in [0, 0.1) is 4.91 Å². The van der Waals surface area contributed by atoms with Crippen molar-refractivity contribution < 1.29 is 14.6 Å². The van der Waals surface area contributed by atoms with Crippen molar-refractivity contribution in [2.75, 3.05) is 6.61 Å². The summed E-state index contributed by atoms with van der Waals surface area (Å²) in [5, 5.41) is 15.8. The maximum absolute atomic E-state index is 10.9. The highest BCUT2D eigenvalue weighted by molar-refractivity contribution is 5.95. The number of pyridine rings is 1. The van der Waals surface area contributed by atoms with Gasteiger partial charge in [0.05, 0.1) is 17.9 Å². The molecule has 0 bridgehead atoms. The van der Waals surface area contributed by atoms with Gasteiger partial charge in [-0.1, -0.05) is 5.18 Å². The molecular weight excluding hydrogens is 250 g/mol. The van der Waals surface area contributed by atoms with Crippen LogP contribution in [0.1, 0.15) is 24.2 Å². The van der Waals surface area contributed by atoms with E-state index in [0.29, 0.717) is 11.3 Å². The molecule has 0 aliphatic heterocycles. The molecule has 0 spiro atoms. The molecule has 2 aromatic heterocycles. The lowest BCUT2D eigenvalue weighted by Crippen LogP contribution is -2.25. The number of aromatic carboxylic acids is 1. The first-order valence-electron chi connectivity index (χ1n) is 5.61. The van der Waals surface area contributed by atoms with Gasteiger partial charge in [0.25, 0.3) is 0 Å².